The van der Waals surface area contributed by atoms with E-state index in [-0.39, 0.29) is 11.6 Å². The lowest BCUT2D eigenvalue weighted by Gasteiger charge is -2.06. The van der Waals surface area contributed by atoms with E-state index in [2.05, 4.69) is 28.5 Å². The Morgan fingerprint density at radius 1 is 0.903 bits per heavy atom. The summed E-state index contributed by atoms with van der Waals surface area (Å²) in [5, 5.41) is 15.8. The van der Waals surface area contributed by atoms with Crippen LogP contribution in [0.4, 0.5) is 11.4 Å². The summed E-state index contributed by atoms with van der Waals surface area (Å²) in [6, 6.07) is 25.0. The summed E-state index contributed by atoms with van der Waals surface area (Å²) in [4.78, 5) is 30.8. The van der Waals surface area contributed by atoms with Gasteiger partial charge in [-0.05, 0) is 47.9 Å². The van der Waals surface area contributed by atoms with Crippen LogP contribution < -0.4 is 5.32 Å². The predicted octanol–water partition coefficient (Wildman–Crippen LogP) is 5.54. The molecule has 0 aliphatic carbocycles. The summed E-state index contributed by atoms with van der Waals surface area (Å²) in [7, 11) is 0. The van der Waals surface area contributed by atoms with Crippen molar-refractivity contribution in [1.82, 2.24) is 9.97 Å². The lowest BCUT2D eigenvalue weighted by atomic mass is 10.1. The molecule has 5 rings (SSSR count). The molecule has 0 unspecified atom stereocenters. The van der Waals surface area contributed by atoms with Gasteiger partial charge in [0.1, 0.15) is 5.82 Å². The van der Waals surface area contributed by atoms with Crippen molar-refractivity contribution in [2.75, 3.05) is 5.32 Å². The Labute approximate surface area is 176 Å². The van der Waals surface area contributed by atoms with E-state index in [1.54, 1.807) is 12.1 Å². The molecule has 7 heteroatoms. The van der Waals surface area contributed by atoms with Gasteiger partial charge in [0.2, 0.25) is 0 Å². The molecule has 0 fully saturated rings. The second-order valence-electron chi connectivity index (χ2n) is 7.10. The number of anilines is 1. The third-order valence-electron chi connectivity index (χ3n) is 5.13. The van der Waals surface area contributed by atoms with Gasteiger partial charge in [-0.3, -0.25) is 14.9 Å². The zero-order valence-electron chi connectivity index (χ0n) is 16.2. The van der Waals surface area contributed by atoms with Gasteiger partial charge < -0.3 is 10.3 Å². The number of nitrogens with zero attached hydrogens (tertiary/aromatic N) is 2. The van der Waals surface area contributed by atoms with Gasteiger partial charge in [0.15, 0.2) is 0 Å². The molecule has 1 amide bonds. The van der Waals surface area contributed by atoms with Crippen LogP contribution in [0, 0.1) is 10.1 Å². The number of hydrogen-bond acceptors (Lipinski definition) is 4. The first kappa shape index (κ1) is 18.5. The van der Waals surface area contributed by atoms with E-state index in [9.17, 15) is 14.9 Å². The minimum atomic E-state index is -0.499. The molecule has 1 heterocycles. The van der Waals surface area contributed by atoms with Gasteiger partial charge in [-0.2, -0.15) is 0 Å². The molecule has 0 saturated carbocycles. The van der Waals surface area contributed by atoms with E-state index in [1.807, 2.05) is 30.3 Å². The quantitative estimate of drug-likeness (QED) is 0.301. The smallest absolute Gasteiger partial charge is 0.269 e. The van der Waals surface area contributed by atoms with Crippen molar-refractivity contribution >= 4 is 39.1 Å². The Morgan fingerprint density at radius 3 is 2.39 bits per heavy atom. The highest BCUT2D eigenvalue weighted by Crippen LogP contribution is 2.27. The average molecular weight is 408 g/mol. The number of aromatic amines is 1. The number of amides is 1. The Bertz CT molecular complexity index is 1440. The molecule has 0 radical (unpaired) electrons. The highest BCUT2D eigenvalue weighted by molar-refractivity contribution is 6.05. The van der Waals surface area contributed by atoms with Crippen LogP contribution in [0.15, 0.2) is 84.9 Å². The first-order valence-electron chi connectivity index (χ1n) is 9.62. The minimum absolute atomic E-state index is 0.0560. The fourth-order valence-electron chi connectivity index (χ4n) is 3.53. The molecular formula is C24H16N4O3. The fourth-order valence-corrected chi connectivity index (χ4v) is 3.53. The second-order valence-corrected chi connectivity index (χ2v) is 7.10. The molecule has 1 aromatic heterocycles. The number of nitro groups is 1. The number of hydrogen-bond donors (Lipinski definition) is 2. The third kappa shape index (κ3) is 3.49. The Hall–Kier alpha value is -4.52. The van der Waals surface area contributed by atoms with Crippen LogP contribution in [0.1, 0.15) is 10.4 Å². The van der Waals surface area contributed by atoms with E-state index in [4.69, 9.17) is 4.98 Å². The minimum Gasteiger partial charge on any atom is -0.338 e. The number of benzene rings is 4. The lowest BCUT2D eigenvalue weighted by molar-refractivity contribution is -0.384. The second kappa shape index (κ2) is 7.38. The summed E-state index contributed by atoms with van der Waals surface area (Å²) in [5.41, 5.74) is 3.69. The van der Waals surface area contributed by atoms with Gasteiger partial charge in [0.25, 0.3) is 11.6 Å². The molecule has 7 nitrogen and oxygen atoms in total. The molecule has 0 atom stereocenters. The standard InChI is InChI=1S/C24H16N4O3/c29-24(17-7-12-19(13-8-17)28(30)31)25-18-10-5-16(6-11-18)23-26-21-14-9-15-3-1-2-4-20(15)22(21)27-23/h1-14H,(H,25,29)(H,26,27). The molecular weight excluding hydrogens is 392 g/mol. The molecule has 5 aromatic rings. The van der Waals surface area contributed by atoms with Crippen molar-refractivity contribution < 1.29 is 9.72 Å². The zero-order chi connectivity index (χ0) is 21.4. The van der Waals surface area contributed by atoms with E-state index in [1.165, 1.54) is 24.3 Å². The molecule has 0 aliphatic rings. The number of rotatable bonds is 4. The van der Waals surface area contributed by atoms with E-state index in [0.717, 1.165) is 33.2 Å². The molecule has 2 N–H and O–H groups in total. The van der Waals surface area contributed by atoms with Gasteiger partial charge in [-0.1, -0.05) is 30.3 Å². The van der Waals surface area contributed by atoms with Gasteiger partial charge in [0.05, 0.1) is 16.0 Å². The van der Waals surface area contributed by atoms with Crippen molar-refractivity contribution in [1.29, 1.82) is 0 Å². The zero-order valence-corrected chi connectivity index (χ0v) is 16.2. The van der Waals surface area contributed by atoms with Crippen molar-refractivity contribution in [3.8, 4) is 11.4 Å². The third-order valence-corrected chi connectivity index (χ3v) is 5.13. The monoisotopic (exact) mass is 408 g/mol. The highest BCUT2D eigenvalue weighted by Gasteiger charge is 2.11. The number of fused-ring (bicyclic) bond motifs is 3. The van der Waals surface area contributed by atoms with Gasteiger partial charge in [-0.25, -0.2) is 4.98 Å². The summed E-state index contributed by atoms with van der Waals surface area (Å²) < 4.78 is 0. The van der Waals surface area contributed by atoms with Crippen LogP contribution in [-0.2, 0) is 0 Å². The lowest BCUT2D eigenvalue weighted by Crippen LogP contribution is -2.11. The first-order chi connectivity index (χ1) is 15.1. The number of imidazole rings is 1. The van der Waals surface area contributed by atoms with Crippen LogP contribution in [0.2, 0.25) is 0 Å². The summed E-state index contributed by atoms with van der Waals surface area (Å²) in [6.45, 7) is 0. The summed E-state index contributed by atoms with van der Waals surface area (Å²) in [5.74, 6) is 0.414. The average Bonchev–Trinajstić information content (AvgIpc) is 3.24. The molecule has 0 spiro atoms. The maximum Gasteiger partial charge on any atom is 0.269 e. The normalized spacial score (nSPS) is 11.0. The fraction of sp³-hybridized carbons (Fsp3) is 0. The highest BCUT2D eigenvalue weighted by atomic mass is 16.6. The summed E-state index contributed by atoms with van der Waals surface area (Å²) >= 11 is 0. The molecule has 0 saturated heterocycles. The van der Waals surface area contributed by atoms with Crippen LogP contribution in [0.3, 0.4) is 0 Å². The Balaban J connectivity index is 1.38. The molecule has 150 valence electrons. The molecule has 0 bridgehead atoms. The maximum atomic E-state index is 12.4. The van der Waals surface area contributed by atoms with Gasteiger partial charge in [0, 0.05) is 34.3 Å². The van der Waals surface area contributed by atoms with Crippen molar-refractivity contribution in [3.63, 3.8) is 0 Å². The summed E-state index contributed by atoms with van der Waals surface area (Å²) in [6.07, 6.45) is 0. The number of non-ortho nitro benzene ring substituents is 1. The first-order valence-corrected chi connectivity index (χ1v) is 9.62. The van der Waals surface area contributed by atoms with E-state index in [0.29, 0.717) is 11.3 Å². The van der Waals surface area contributed by atoms with Crippen LogP contribution in [0.25, 0.3) is 33.2 Å². The topological polar surface area (TPSA) is 101 Å². The number of aromatic nitrogens is 2. The number of nitrogens with one attached hydrogen (secondary N) is 2. The SMILES string of the molecule is O=C(Nc1ccc(-c2nc3c(ccc4ccccc43)[nH]2)cc1)c1ccc([N+](=O)[O-])cc1. The van der Waals surface area contributed by atoms with Gasteiger partial charge in [-0.15, -0.1) is 0 Å². The van der Waals surface area contributed by atoms with Crippen molar-refractivity contribution in [2.45, 2.75) is 0 Å². The number of carbonyl (C=O) groups is 1. The largest absolute Gasteiger partial charge is 0.338 e. The number of carbonyl (C=O) groups excluding carboxylic acids is 1. The Morgan fingerprint density at radius 2 is 1.65 bits per heavy atom. The van der Waals surface area contributed by atoms with Crippen molar-refractivity contribution in [2.24, 2.45) is 0 Å². The molecule has 31 heavy (non-hydrogen) atoms. The van der Waals surface area contributed by atoms with Crippen LogP contribution in [-0.4, -0.2) is 20.8 Å². The predicted molar refractivity (Wildman–Crippen MR) is 120 cm³/mol. The van der Waals surface area contributed by atoms with Crippen LogP contribution in [0.5, 0.6) is 0 Å². The maximum absolute atomic E-state index is 12.4. The van der Waals surface area contributed by atoms with Crippen LogP contribution >= 0.6 is 0 Å². The number of H-pyrrole nitrogens is 1. The van der Waals surface area contributed by atoms with E-state index < -0.39 is 4.92 Å². The molecule has 0 aliphatic heterocycles. The Kier molecular flexibility index (Phi) is 4.41. The number of nitro benzene ring substituents is 1. The van der Waals surface area contributed by atoms with E-state index >= 15 is 0 Å². The van der Waals surface area contributed by atoms with Crippen molar-refractivity contribution in [3.05, 3.63) is 101 Å². The molecule has 4 aromatic carbocycles. The van der Waals surface area contributed by atoms with Gasteiger partial charge >= 0.3 is 0 Å².